The Bertz CT molecular complexity index is 1360. The molecule has 2 N–H and O–H groups in total. The van der Waals surface area contributed by atoms with Gasteiger partial charge in [0.15, 0.2) is 5.82 Å². The highest BCUT2D eigenvalue weighted by Gasteiger charge is 2.21. The van der Waals surface area contributed by atoms with E-state index in [1.54, 1.807) is 71.6 Å². The minimum atomic E-state index is -3.36. The Balaban J connectivity index is 1.55. The highest BCUT2D eigenvalue weighted by Crippen LogP contribution is 2.22. The van der Waals surface area contributed by atoms with Gasteiger partial charge in [0.2, 0.25) is 10.0 Å². The van der Waals surface area contributed by atoms with Crippen LogP contribution in [0.25, 0.3) is 11.5 Å². The van der Waals surface area contributed by atoms with Gasteiger partial charge in [0, 0.05) is 18.9 Å². The molecule has 0 aliphatic rings. The maximum absolute atomic E-state index is 14.4. The lowest BCUT2D eigenvalue weighted by Gasteiger charge is -2.12. The van der Waals surface area contributed by atoms with Crippen molar-refractivity contribution in [2.45, 2.75) is 12.3 Å². The number of hydrogen-bond acceptors (Lipinski definition) is 4. The summed E-state index contributed by atoms with van der Waals surface area (Å²) in [6, 6.07) is 16.7. The van der Waals surface area contributed by atoms with Crippen molar-refractivity contribution in [2.24, 2.45) is 0 Å². The minimum absolute atomic E-state index is 0.119. The Morgan fingerprint density at radius 2 is 1.67 bits per heavy atom. The maximum atomic E-state index is 14.4. The molecule has 10 heteroatoms. The van der Waals surface area contributed by atoms with E-state index in [9.17, 15) is 17.6 Å². The summed E-state index contributed by atoms with van der Waals surface area (Å²) in [6.07, 6.45) is 4.91. The number of rotatable bonds is 8. The molecule has 1 amide bonds. The number of carbonyl (C=O) groups excluding carboxylic acids is 1. The van der Waals surface area contributed by atoms with Crippen LogP contribution in [0.1, 0.15) is 21.5 Å². The molecule has 4 aromatic rings. The third kappa shape index (κ3) is 5.02. The molecule has 0 radical (unpaired) electrons. The molecule has 0 bridgehead atoms. The van der Waals surface area contributed by atoms with E-state index in [1.807, 2.05) is 0 Å². The maximum Gasteiger partial charge on any atom is 0.256 e. The second-order valence-corrected chi connectivity index (χ2v) is 9.22. The predicted molar refractivity (Wildman–Crippen MR) is 122 cm³/mol. The number of aromatic nitrogens is 3. The minimum Gasteiger partial charge on any atom is -0.348 e. The quantitative estimate of drug-likeness (QED) is 0.416. The van der Waals surface area contributed by atoms with Crippen molar-refractivity contribution in [3.8, 4) is 11.5 Å². The summed E-state index contributed by atoms with van der Waals surface area (Å²) < 4.78 is 43.1. The first-order valence-electron chi connectivity index (χ1n) is 10.1. The van der Waals surface area contributed by atoms with E-state index >= 15 is 0 Å². The Labute approximate surface area is 190 Å². The lowest BCUT2D eigenvalue weighted by molar-refractivity contribution is 0.0951. The molecule has 0 fully saturated rings. The van der Waals surface area contributed by atoms with Crippen LogP contribution in [-0.4, -0.2) is 35.7 Å². The summed E-state index contributed by atoms with van der Waals surface area (Å²) in [5.41, 5.74) is 1.96. The number of para-hydroxylation sites is 1. The highest BCUT2D eigenvalue weighted by molar-refractivity contribution is 7.88. The van der Waals surface area contributed by atoms with Crippen molar-refractivity contribution in [3.63, 3.8) is 0 Å². The molecule has 4 rings (SSSR count). The van der Waals surface area contributed by atoms with Crippen molar-refractivity contribution in [2.75, 3.05) is 7.05 Å². The van der Waals surface area contributed by atoms with Crippen LogP contribution in [0.4, 0.5) is 4.39 Å². The first kappa shape index (κ1) is 22.4. The van der Waals surface area contributed by atoms with E-state index in [-0.39, 0.29) is 29.5 Å². The zero-order valence-electron chi connectivity index (χ0n) is 17.8. The van der Waals surface area contributed by atoms with Crippen LogP contribution < -0.4 is 10.0 Å². The van der Waals surface area contributed by atoms with Crippen LogP contribution in [0.5, 0.6) is 0 Å². The summed E-state index contributed by atoms with van der Waals surface area (Å²) in [6.45, 7) is 0.230. The van der Waals surface area contributed by atoms with Crippen molar-refractivity contribution in [1.82, 2.24) is 24.4 Å². The fourth-order valence-corrected chi connectivity index (χ4v) is 4.12. The summed E-state index contributed by atoms with van der Waals surface area (Å²) in [5, 5.41) is 7.11. The Morgan fingerprint density at radius 1 is 1.00 bits per heavy atom. The molecule has 2 heterocycles. The molecule has 0 unspecified atom stereocenters. The molecule has 2 aromatic heterocycles. The third-order valence-electron chi connectivity index (χ3n) is 5.06. The monoisotopic (exact) mass is 467 g/mol. The fourth-order valence-electron chi connectivity index (χ4n) is 3.35. The second-order valence-electron chi connectivity index (χ2n) is 7.30. The fraction of sp³-hybridized carbons (Fsp3) is 0.130. The van der Waals surface area contributed by atoms with Gasteiger partial charge in [-0.1, -0.05) is 36.4 Å². The van der Waals surface area contributed by atoms with Gasteiger partial charge >= 0.3 is 0 Å². The van der Waals surface area contributed by atoms with Crippen LogP contribution >= 0.6 is 0 Å². The summed E-state index contributed by atoms with van der Waals surface area (Å²) in [4.78, 5) is 13.0. The van der Waals surface area contributed by atoms with Gasteiger partial charge < -0.3 is 9.88 Å². The zero-order valence-corrected chi connectivity index (χ0v) is 18.6. The lowest BCUT2D eigenvalue weighted by Crippen LogP contribution is -2.24. The Hall–Kier alpha value is -3.76. The van der Waals surface area contributed by atoms with Gasteiger partial charge in [-0.15, -0.1) is 0 Å². The van der Waals surface area contributed by atoms with Crippen molar-refractivity contribution >= 4 is 15.9 Å². The van der Waals surface area contributed by atoms with Gasteiger partial charge in [0.25, 0.3) is 5.91 Å². The molecule has 0 atom stereocenters. The molecule has 2 aromatic carbocycles. The van der Waals surface area contributed by atoms with E-state index in [2.05, 4.69) is 15.1 Å². The van der Waals surface area contributed by atoms with E-state index < -0.39 is 15.8 Å². The third-order valence-corrected chi connectivity index (χ3v) is 6.40. The topological polar surface area (TPSA) is 98.0 Å². The molecule has 0 spiro atoms. The van der Waals surface area contributed by atoms with E-state index in [1.165, 1.54) is 24.0 Å². The van der Waals surface area contributed by atoms with Gasteiger partial charge in [0.1, 0.15) is 17.1 Å². The average molecular weight is 468 g/mol. The lowest BCUT2D eigenvalue weighted by atomic mass is 10.1. The molecular formula is C23H22FN5O3S. The highest BCUT2D eigenvalue weighted by atomic mass is 32.2. The van der Waals surface area contributed by atoms with E-state index in [4.69, 9.17) is 0 Å². The van der Waals surface area contributed by atoms with Crippen molar-refractivity contribution < 1.29 is 17.6 Å². The number of nitrogens with zero attached hydrogens (tertiary/aromatic N) is 3. The normalized spacial score (nSPS) is 11.5. The van der Waals surface area contributed by atoms with Crippen LogP contribution in [0.3, 0.4) is 0 Å². The SMILES string of the molecule is CNS(=O)(=O)Cc1ccc(CNC(=O)c2cnn(-c3ccccc3F)c2-n2cccc2)cc1. The van der Waals surface area contributed by atoms with Gasteiger partial charge in [-0.25, -0.2) is 22.2 Å². The Kier molecular flexibility index (Phi) is 6.38. The molecule has 8 nitrogen and oxygen atoms in total. The van der Waals surface area contributed by atoms with Crippen LogP contribution in [-0.2, 0) is 22.3 Å². The van der Waals surface area contributed by atoms with E-state index in [0.29, 0.717) is 11.4 Å². The van der Waals surface area contributed by atoms with Crippen LogP contribution in [0.15, 0.2) is 79.3 Å². The Morgan fingerprint density at radius 3 is 2.33 bits per heavy atom. The number of halogens is 1. The van der Waals surface area contributed by atoms with Crippen LogP contribution in [0.2, 0.25) is 0 Å². The number of sulfonamides is 1. The molecule has 0 aliphatic heterocycles. The van der Waals surface area contributed by atoms with Crippen molar-refractivity contribution in [3.05, 3.63) is 102 Å². The van der Waals surface area contributed by atoms with Gasteiger partial charge in [-0.3, -0.25) is 4.79 Å². The molecular weight excluding hydrogens is 445 g/mol. The molecule has 0 aliphatic carbocycles. The summed E-state index contributed by atoms with van der Waals surface area (Å²) in [5.74, 6) is -0.536. The van der Waals surface area contributed by atoms with Gasteiger partial charge in [-0.2, -0.15) is 5.10 Å². The number of amides is 1. The smallest absolute Gasteiger partial charge is 0.256 e. The predicted octanol–water partition coefficient (Wildman–Crippen LogP) is 2.78. The van der Waals surface area contributed by atoms with Crippen molar-refractivity contribution in [1.29, 1.82) is 0 Å². The molecule has 170 valence electrons. The summed E-state index contributed by atoms with van der Waals surface area (Å²) >= 11 is 0. The molecule has 0 saturated carbocycles. The number of hydrogen-bond donors (Lipinski definition) is 2. The number of benzene rings is 2. The second kappa shape index (κ2) is 9.39. The standard InChI is InChI=1S/C23H22FN5O3S/c1-25-33(31,32)16-18-10-8-17(9-11-18)14-26-22(30)19-15-27-29(21-7-3-2-6-20(21)24)23(19)28-12-4-5-13-28/h2-13,15,25H,14,16H2,1H3,(H,26,30). The molecule has 33 heavy (non-hydrogen) atoms. The van der Waals surface area contributed by atoms with Gasteiger partial charge in [-0.05, 0) is 42.4 Å². The van der Waals surface area contributed by atoms with Crippen LogP contribution in [0, 0.1) is 5.82 Å². The number of carbonyl (C=O) groups is 1. The summed E-state index contributed by atoms with van der Waals surface area (Å²) in [7, 11) is -1.98. The zero-order chi connectivity index (χ0) is 23.4. The first-order chi connectivity index (χ1) is 15.9. The largest absolute Gasteiger partial charge is 0.348 e. The average Bonchev–Trinajstić information content (AvgIpc) is 3.48. The first-order valence-corrected chi connectivity index (χ1v) is 11.8. The molecule has 0 saturated heterocycles. The van der Waals surface area contributed by atoms with E-state index in [0.717, 1.165) is 5.56 Å². The number of nitrogens with one attached hydrogen (secondary N) is 2. The van der Waals surface area contributed by atoms with Gasteiger partial charge in [0.05, 0.1) is 11.9 Å².